The lowest BCUT2D eigenvalue weighted by Crippen LogP contribution is -1.76. The van der Waals surface area contributed by atoms with Crippen LogP contribution in [0.1, 0.15) is 5.56 Å². The fourth-order valence-electron chi connectivity index (χ4n) is 1.33. The zero-order valence-electron chi connectivity index (χ0n) is 7.58. The number of alkyl halides is 1. The molecule has 14 heavy (non-hydrogen) atoms. The zero-order valence-corrected chi connectivity index (χ0v) is 9.15. The second-order valence-corrected chi connectivity index (χ2v) is 4.19. The molecule has 0 aliphatic carbocycles. The summed E-state index contributed by atoms with van der Waals surface area (Å²) in [6.07, 6.45) is 0. The molecule has 0 aliphatic rings. The maximum atomic E-state index is 9.71. The van der Waals surface area contributed by atoms with E-state index in [1.54, 1.807) is 7.11 Å². The molecule has 0 fully saturated rings. The molecule has 74 valence electrons. The quantitative estimate of drug-likeness (QED) is 0.799. The largest absolute Gasteiger partial charge is 0.503 e. The van der Waals surface area contributed by atoms with E-state index in [0.717, 1.165) is 15.6 Å². The van der Waals surface area contributed by atoms with Gasteiger partial charge in [-0.25, -0.2) is 0 Å². The lowest BCUT2D eigenvalue weighted by Gasteiger charge is -1.95. The number of thiophene rings is 1. The van der Waals surface area contributed by atoms with Gasteiger partial charge in [0.05, 0.1) is 7.11 Å². The summed E-state index contributed by atoms with van der Waals surface area (Å²) in [5, 5.41) is 11.1. The van der Waals surface area contributed by atoms with Gasteiger partial charge in [0, 0.05) is 16.0 Å². The van der Waals surface area contributed by atoms with Crippen LogP contribution in [0.15, 0.2) is 18.2 Å². The average Bonchev–Trinajstić information content (AvgIpc) is 2.55. The molecule has 1 aromatic carbocycles. The van der Waals surface area contributed by atoms with Gasteiger partial charge in [-0.1, -0.05) is 17.4 Å². The van der Waals surface area contributed by atoms with Crippen molar-refractivity contribution in [2.75, 3.05) is 7.11 Å². The number of rotatable bonds is 2. The van der Waals surface area contributed by atoms with E-state index < -0.39 is 0 Å². The number of methoxy groups -OCH3 is 1. The molecule has 0 saturated heterocycles. The van der Waals surface area contributed by atoms with Crippen LogP contribution in [0.4, 0.5) is 0 Å². The van der Waals surface area contributed by atoms with E-state index >= 15 is 0 Å². The van der Waals surface area contributed by atoms with E-state index in [2.05, 4.69) is 0 Å². The van der Waals surface area contributed by atoms with Gasteiger partial charge in [0.15, 0.2) is 5.75 Å². The van der Waals surface area contributed by atoms with Crippen molar-refractivity contribution < 1.29 is 9.84 Å². The minimum atomic E-state index is 0.216. The average molecular weight is 229 g/mol. The number of aromatic hydroxyl groups is 1. The number of hydrogen-bond donors (Lipinski definition) is 1. The molecule has 2 rings (SSSR count). The molecule has 0 spiro atoms. The molecule has 4 heteroatoms. The van der Waals surface area contributed by atoms with E-state index in [-0.39, 0.29) is 5.75 Å². The van der Waals surface area contributed by atoms with Crippen LogP contribution in [-0.2, 0) is 5.88 Å². The van der Waals surface area contributed by atoms with Gasteiger partial charge in [0.25, 0.3) is 0 Å². The summed E-state index contributed by atoms with van der Waals surface area (Å²) in [6.45, 7) is 0. The van der Waals surface area contributed by atoms with Crippen molar-refractivity contribution in [1.82, 2.24) is 0 Å². The molecule has 2 nitrogen and oxygen atoms in total. The molecular formula is C10H9ClO2S. The van der Waals surface area contributed by atoms with Crippen LogP contribution < -0.4 is 4.74 Å². The smallest absolute Gasteiger partial charge is 0.217 e. The van der Waals surface area contributed by atoms with Gasteiger partial charge in [-0.15, -0.1) is 11.6 Å². The fraction of sp³-hybridized carbons (Fsp3) is 0.200. The second-order valence-electron chi connectivity index (χ2n) is 2.91. The first-order valence-electron chi connectivity index (χ1n) is 4.10. The topological polar surface area (TPSA) is 29.5 Å². The summed E-state index contributed by atoms with van der Waals surface area (Å²) in [7, 11) is 1.55. The van der Waals surface area contributed by atoms with Crippen LogP contribution in [0.25, 0.3) is 10.1 Å². The van der Waals surface area contributed by atoms with Crippen molar-refractivity contribution in [3.05, 3.63) is 23.8 Å². The van der Waals surface area contributed by atoms with Crippen molar-refractivity contribution in [3.63, 3.8) is 0 Å². The Hall–Kier alpha value is -0.930. The first kappa shape index (κ1) is 9.62. The Labute approximate surface area is 90.7 Å². The Morgan fingerprint density at radius 1 is 1.50 bits per heavy atom. The van der Waals surface area contributed by atoms with E-state index in [4.69, 9.17) is 16.3 Å². The molecule has 0 saturated carbocycles. The maximum Gasteiger partial charge on any atom is 0.217 e. The third kappa shape index (κ3) is 1.42. The van der Waals surface area contributed by atoms with Gasteiger partial charge in [0.1, 0.15) is 0 Å². The van der Waals surface area contributed by atoms with Crippen LogP contribution in [0.2, 0.25) is 0 Å². The molecule has 0 atom stereocenters. The molecule has 0 unspecified atom stereocenters. The normalized spacial score (nSPS) is 10.7. The Morgan fingerprint density at radius 2 is 2.29 bits per heavy atom. The highest BCUT2D eigenvalue weighted by molar-refractivity contribution is 7.21. The van der Waals surface area contributed by atoms with Crippen molar-refractivity contribution in [3.8, 4) is 10.8 Å². The highest BCUT2D eigenvalue weighted by Crippen LogP contribution is 2.43. The van der Waals surface area contributed by atoms with E-state index in [1.165, 1.54) is 11.3 Å². The van der Waals surface area contributed by atoms with Crippen LogP contribution in [0.3, 0.4) is 0 Å². The Bertz CT molecular complexity index is 464. The lowest BCUT2D eigenvalue weighted by atomic mass is 10.2. The van der Waals surface area contributed by atoms with Crippen molar-refractivity contribution in [2.24, 2.45) is 0 Å². The summed E-state index contributed by atoms with van der Waals surface area (Å²) in [5.74, 6) is 0.699. The number of fused-ring (bicyclic) bond motifs is 1. The van der Waals surface area contributed by atoms with Crippen molar-refractivity contribution >= 4 is 33.0 Å². The van der Waals surface area contributed by atoms with Crippen LogP contribution in [0.5, 0.6) is 10.8 Å². The molecule has 0 aliphatic heterocycles. The Balaban J connectivity index is 2.66. The van der Waals surface area contributed by atoms with Crippen LogP contribution in [-0.4, -0.2) is 12.2 Å². The van der Waals surface area contributed by atoms with Crippen LogP contribution in [0, 0.1) is 0 Å². The van der Waals surface area contributed by atoms with Crippen molar-refractivity contribution in [1.29, 1.82) is 0 Å². The summed E-state index contributed by atoms with van der Waals surface area (Å²) >= 11 is 7.14. The minimum absolute atomic E-state index is 0.216. The van der Waals surface area contributed by atoms with Crippen LogP contribution >= 0.6 is 22.9 Å². The minimum Gasteiger partial charge on any atom is -0.503 e. The van der Waals surface area contributed by atoms with Gasteiger partial charge in [0.2, 0.25) is 5.06 Å². The molecular weight excluding hydrogens is 220 g/mol. The third-order valence-corrected chi connectivity index (χ3v) is 3.45. The summed E-state index contributed by atoms with van der Waals surface area (Å²) < 4.78 is 6.04. The van der Waals surface area contributed by atoms with E-state index in [1.807, 2.05) is 18.2 Å². The first-order valence-corrected chi connectivity index (χ1v) is 5.45. The Kier molecular flexibility index (Phi) is 2.52. The number of halogens is 1. The SMILES string of the molecule is COc1sc2cc(CCl)ccc2c1O. The molecule has 0 bridgehead atoms. The molecule has 2 aromatic rings. The predicted molar refractivity (Wildman–Crippen MR) is 59.6 cm³/mol. The summed E-state index contributed by atoms with van der Waals surface area (Å²) in [5.41, 5.74) is 1.04. The Morgan fingerprint density at radius 3 is 2.93 bits per heavy atom. The standard InChI is InChI=1S/C10H9ClO2S/c1-13-10-9(12)7-3-2-6(5-11)4-8(7)14-10/h2-4,12H,5H2,1H3. The molecule has 1 heterocycles. The van der Waals surface area contributed by atoms with Gasteiger partial charge in [-0.3, -0.25) is 0 Å². The van der Waals surface area contributed by atoms with Crippen molar-refractivity contribution in [2.45, 2.75) is 5.88 Å². The second kappa shape index (κ2) is 3.67. The molecule has 0 amide bonds. The summed E-state index contributed by atoms with van der Waals surface area (Å²) in [4.78, 5) is 0. The third-order valence-electron chi connectivity index (χ3n) is 2.04. The fourth-order valence-corrected chi connectivity index (χ4v) is 2.47. The van der Waals surface area contributed by atoms with Gasteiger partial charge < -0.3 is 9.84 Å². The van der Waals surface area contributed by atoms with Gasteiger partial charge in [-0.2, -0.15) is 0 Å². The van der Waals surface area contributed by atoms with Gasteiger partial charge in [-0.05, 0) is 17.7 Å². The lowest BCUT2D eigenvalue weighted by molar-refractivity contribution is 0.388. The summed E-state index contributed by atoms with van der Waals surface area (Å²) in [6, 6.07) is 5.73. The van der Waals surface area contributed by atoms with Gasteiger partial charge >= 0.3 is 0 Å². The number of benzene rings is 1. The predicted octanol–water partition coefficient (Wildman–Crippen LogP) is 3.35. The molecule has 1 aromatic heterocycles. The zero-order chi connectivity index (χ0) is 10.1. The van der Waals surface area contributed by atoms with E-state index in [0.29, 0.717) is 10.9 Å². The highest BCUT2D eigenvalue weighted by Gasteiger charge is 2.11. The van der Waals surface area contributed by atoms with E-state index in [9.17, 15) is 5.11 Å². The number of ether oxygens (including phenoxy) is 1. The number of hydrogen-bond acceptors (Lipinski definition) is 3. The molecule has 0 radical (unpaired) electrons. The molecule has 1 N–H and O–H groups in total. The monoisotopic (exact) mass is 228 g/mol. The highest BCUT2D eigenvalue weighted by atomic mass is 35.5. The maximum absolute atomic E-state index is 9.71. The first-order chi connectivity index (χ1) is 6.76.